The third-order valence-electron chi connectivity index (χ3n) is 7.78. The molecule has 2 N–H and O–H groups in total. The molecule has 0 spiro atoms. The Morgan fingerprint density at radius 1 is 1.05 bits per heavy atom. The number of hydrogen-bond acceptors (Lipinski definition) is 8. The van der Waals surface area contributed by atoms with E-state index in [1.165, 1.54) is 26.3 Å². The van der Waals surface area contributed by atoms with Crippen molar-refractivity contribution in [2.75, 3.05) is 5.32 Å². The zero-order valence-corrected chi connectivity index (χ0v) is 26.0. The maximum absolute atomic E-state index is 14.1. The number of urea groups is 1. The Morgan fingerprint density at radius 2 is 1.61 bits per heavy atom. The summed E-state index contributed by atoms with van der Waals surface area (Å²) in [5, 5.41) is 3.27. The maximum atomic E-state index is 14.1. The molecule has 9 nitrogen and oxygen atoms in total. The number of carbonyl (C=O) groups is 2. The Kier molecular flexibility index (Phi) is 7.09. The van der Waals surface area contributed by atoms with Crippen molar-refractivity contribution in [1.29, 1.82) is 0 Å². The molecule has 5 rings (SSSR count). The van der Waals surface area contributed by atoms with E-state index in [0.29, 0.717) is 14.7 Å². The van der Waals surface area contributed by atoms with E-state index in [2.05, 4.69) is 10.3 Å². The Hall–Kier alpha value is -3.58. The van der Waals surface area contributed by atoms with Gasteiger partial charge < -0.3 is 9.21 Å². The van der Waals surface area contributed by atoms with Crippen molar-refractivity contribution in [3.8, 4) is 10.8 Å². The Labute approximate surface area is 244 Å². The second-order valence-electron chi connectivity index (χ2n) is 11.2. The number of amides is 2. The van der Waals surface area contributed by atoms with Gasteiger partial charge in [0, 0.05) is 6.42 Å². The van der Waals surface area contributed by atoms with Gasteiger partial charge in [0.25, 0.3) is 18.3 Å². The predicted molar refractivity (Wildman–Crippen MR) is 160 cm³/mol. The molecule has 1 aliphatic rings. The summed E-state index contributed by atoms with van der Waals surface area (Å²) in [5.41, 5.74) is -1.39. The molecular formula is C29H31N3O6S2Si. The molecule has 214 valence electrons. The number of aromatic nitrogens is 1. The number of carbonyl (C=O) groups excluding carboxylic acids is 2. The summed E-state index contributed by atoms with van der Waals surface area (Å²) in [6.45, 7) is 8.11. The van der Waals surface area contributed by atoms with E-state index in [-0.39, 0.29) is 22.2 Å². The van der Waals surface area contributed by atoms with Gasteiger partial charge in [-0.1, -0.05) is 74.5 Å². The Morgan fingerprint density at radius 3 is 2.12 bits per heavy atom. The van der Waals surface area contributed by atoms with Crippen LogP contribution >= 0.6 is 11.3 Å². The van der Waals surface area contributed by atoms with E-state index in [1.54, 1.807) is 6.92 Å². The summed E-state index contributed by atoms with van der Waals surface area (Å²) in [7, 11) is -8.01. The highest BCUT2D eigenvalue weighted by Crippen LogP contribution is 2.48. The maximum Gasteiger partial charge on any atom is 0.337 e. The number of rotatable bonds is 8. The number of nitrogens with zero attached hydrogens (tertiary/aromatic N) is 2. The number of fused-ring (bicyclic) bond motifs is 1. The zero-order valence-electron chi connectivity index (χ0n) is 23.3. The van der Waals surface area contributed by atoms with Crippen LogP contribution in [-0.2, 0) is 14.8 Å². The molecule has 2 amide bonds. The van der Waals surface area contributed by atoms with Crippen molar-refractivity contribution in [1.82, 2.24) is 9.29 Å². The van der Waals surface area contributed by atoms with Crippen molar-refractivity contribution < 1.29 is 27.2 Å². The lowest BCUT2D eigenvalue weighted by Crippen LogP contribution is -2.66. The quantitative estimate of drug-likeness (QED) is 0.281. The number of Topliss-reactive ketones (excluding diaryl/α,β-unsaturated/α-hetero) is 1. The lowest BCUT2D eigenvalue weighted by atomic mass is 9.91. The second-order valence-corrected chi connectivity index (χ2v) is 17.9. The predicted octanol–water partition coefficient (Wildman–Crippen LogP) is 4.52. The fourth-order valence-corrected chi connectivity index (χ4v) is 12.6. The number of nitrogens with one attached hydrogen (secondary N) is 1. The van der Waals surface area contributed by atoms with Crippen LogP contribution in [-0.4, -0.2) is 48.2 Å². The molecule has 0 bridgehead atoms. The van der Waals surface area contributed by atoms with E-state index in [9.17, 15) is 22.8 Å². The van der Waals surface area contributed by atoms with Crippen molar-refractivity contribution >= 4 is 56.9 Å². The van der Waals surface area contributed by atoms with Crippen LogP contribution in [0.4, 0.5) is 9.80 Å². The van der Waals surface area contributed by atoms with Gasteiger partial charge in [0.2, 0.25) is 5.89 Å². The van der Waals surface area contributed by atoms with E-state index >= 15 is 0 Å². The average Bonchev–Trinajstić information content (AvgIpc) is 3.56. The lowest BCUT2D eigenvalue weighted by molar-refractivity contribution is -0.126. The minimum Gasteiger partial charge on any atom is -0.444 e. The highest BCUT2D eigenvalue weighted by molar-refractivity contribution is 7.90. The van der Waals surface area contributed by atoms with Crippen LogP contribution < -0.4 is 15.7 Å². The summed E-state index contributed by atoms with van der Waals surface area (Å²) in [5.74, 6) is -0.260. The van der Waals surface area contributed by atoms with E-state index < -0.39 is 40.7 Å². The number of oxazole rings is 1. The first-order chi connectivity index (χ1) is 19.2. The molecule has 0 saturated carbocycles. The molecule has 2 aromatic carbocycles. The summed E-state index contributed by atoms with van der Waals surface area (Å²) < 4.78 is 34.0. The van der Waals surface area contributed by atoms with Gasteiger partial charge in [-0.3, -0.25) is 10.1 Å². The standard InChI is InChI=1S/C29H31N3O6S2Si/c1-19-23(25-30-16-17-38-25)39-26-24(19)40(35,36)32(27(34)31-26)29(4,5)22(33)18-28(2,3)41(37,20-12-8-6-9-13-20)21-14-10-7-11-15-21/h6-17,37H,18H2,1-5H3,(H,31,34). The first-order valence-corrected chi connectivity index (χ1v) is 17.2. The van der Waals surface area contributed by atoms with Gasteiger partial charge >= 0.3 is 6.03 Å². The third-order valence-corrected chi connectivity index (χ3v) is 15.7. The summed E-state index contributed by atoms with van der Waals surface area (Å²) in [6.07, 6.45) is 2.65. The smallest absolute Gasteiger partial charge is 0.337 e. The third kappa shape index (κ3) is 4.55. The molecule has 3 heterocycles. The molecule has 4 aromatic rings. The summed E-state index contributed by atoms with van der Waals surface area (Å²) >= 11 is 1.05. The normalized spacial score (nSPS) is 15.4. The van der Waals surface area contributed by atoms with Crippen LogP contribution in [0.2, 0.25) is 5.04 Å². The molecule has 12 heteroatoms. The van der Waals surface area contributed by atoms with Crippen LogP contribution in [0.1, 0.15) is 39.7 Å². The molecule has 0 fully saturated rings. The van der Waals surface area contributed by atoms with Crippen LogP contribution in [0, 0.1) is 6.92 Å². The summed E-state index contributed by atoms with van der Waals surface area (Å²) in [4.78, 5) is 44.4. The van der Waals surface area contributed by atoms with Crippen LogP contribution in [0.25, 0.3) is 10.8 Å². The van der Waals surface area contributed by atoms with Gasteiger partial charge in [-0.15, -0.1) is 11.3 Å². The van der Waals surface area contributed by atoms with E-state index in [1.807, 2.05) is 74.5 Å². The molecule has 0 radical (unpaired) electrons. The number of benzene rings is 2. The van der Waals surface area contributed by atoms with Gasteiger partial charge in [-0.2, -0.15) is 0 Å². The minimum atomic E-state index is -4.44. The van der Waals surface area contributed by atoms with Gasteiger partial charge in [-0.05, 0) is 41.7 Å². The summed E-state index contributed by atoms with van der Waals surface area (Å²) in [6, 6.07) is 17.6. The van der Waals surface area contributed by atoms with Crippen LogP contribution in [0.5, 0.6) is 0 Å². The van der Waals surface area contributed by atoms with Gasteiger partial charge in [-0.25, -0.2) is 22.5 Å². The first kappa shape index (κ1) is 28.9. The number of hydrogen-bond donors (Lipinski definition) is 2. The molecule has 0 atom stereocenters. The number of anilines is 1. The van der Waals surface area contributed by atoms with Crippen molar-refractivity contribution in [2.45, 2.75) is 56.5 Å². The number of thiophene rings is 1. The molecule has 0 saturated heterocycles. The Bertz CT molecular complexity index is 1680. The molecule has 1 aliphatic heterocycles. The fraction of sp³-hybridized carbons (Fsp3) is 0.276. The lowest BCUT2D eigenvalue weighted by Gasteiger charge is -2.44. The largest absolute Gasteiger partial charge is 0.444 e. The SMILES string of the molecule is Cc1c(-c2ncco2)sc2c1S(=O)(=O)N(C(C)(C)C(=O)CC(C)(C)[Si](O)(c1ccccc1)c1ccccc1)C(=O)N2. The number of sulfonamides is 1. The Balaban J connectivity index is 1.53. The van der Waals surface area contributed by atoms with Crippen molar-refractivity contribution in [3.05, 3.63) is 78.7 Å². The first-order valence-electron chi connectivity index (χ1n) is 13.0. The highest BCUT2D eigenvalue weighted by Gasteiger charge is 2.55. The molecule has 2 aromatic heterocycles. The average molecular weight is 610 g/mol. The fourth-order valence-electron chi connectivity index (χ4n) is 5.50. The minimum absolute atomic E-state index is 0.0881. The van der Waals surface area contributed by atoms with Gasteiger partial charge in [0.05, 0.1) is 11.1 Å². The van der Waals surface area contributed by atoms with Crippen LogP contribution in [0.15, 0.2) is 82.4 Å². The van der Waals surface area contributed by atoms with E-state index in [4.69, 9.17) is 4.42 Å². The topological polar surface area (TPSA) is 130 Å². The van der Waals surface area contributed by atoms with E-state index in [0.717, 1.165) is 21.7 Å². The van der Waals surface area contributed by atoms with Gasteiger partial charge in [0.1, 0.15) is 21.7 Å². The monoisotopic (exact) mass is 609 g/mol. The zero-order chi connectivity index (χ0) is 29.8. The van der Waals surface area contributed by atoms with Crippen molar-refractivity contribution in [3.63, 3.8) is 0 Å². The molecule has 0 unspecified atom stereocenters. The van der Waals surface area contributed by atoms with Crippen LogP contribution in [0.3, 0.4) is 0 Å². The molecule has 0 aliphatic carbocycles. The molecular weight excluding hydrogens is 579 g/mol. The molecule has 41 heavy (non-hydrogen) atoms. The second kappa shape index (κ2) is 10.1. The highest BCUT2D eigenvalue weighted by atomic mass is 32.2. The van der Waals surface area contributed by atoms with Gasteiger partial charge in [0.15, 0.2) is 5.78 Å². The number of ketones is 1. The van der Waals surface area contributed by atoms with Crippen molar-refractivity contribution in [2.24, 2.45) is 0 Å².